The highest BCUT2D eigenvalue weighted by Crippen LogP contribution is 2.21. The van der Waals surface area contributed by atoms with Crippen LogP contribution in [-0.2, 0) is 17.6 Å². The molecule has 0 bridgehead atoms. The molecule has 1 amide bonds. The van der Waals surface area contributed by atoms with Crippen LogP contribution in [0.15, 0.2) is 11.2 Å². The molecule has 1 aromatic heterocycles. The maximum absolute atomic E-state index is 11.9. The summed E-state index contributed by atoms with van der Waals surface area (Å²) in [5, 5.41) is 14.2. The Bertz CT molecular complexity index is 632. The molecule has 1 heterocycles. The first-order valence-electron chi connectivity index (χ1n) is 9.03. The van der Waals surface area contributed by atoms with E-state index < -0.39 is 5.41 Å². The van der Waals surface area contributed by atoms with Crippen LogP contribution in [0.2, 0.25) is 0 Å². The van der Waals surface area contributed by atoms with Gasteiger partial charge in [0.25, 0.3) is 0 Å². The van der Waals surface area contributed by atoms with E-state index in [1.165, 1.54) is 11.3 Å². The minimum absolute atomic E-state index is 0.0111. The third kappa shape index (κ3) is 4.74. The molecule has 1 atom stereocenters. The highest BCUT2D eigenvalue weighted by Gasteiger charge is 2.27. The van der Waals surface area contributed by atoms with Crippen LogP contribution in [0.25, 0.3) is 0 Å². The largest absolute Gasteiger partial charge is 0.359 e. The average molecular weight is 348 g/mol. The molecule has 7 nitrogen and oxygen atoms in total. The molecule has 0 radical (unpaired) electrons. The predicted octanol–water partition coefficient (Wildman–Crippen LogP) is 1.26. The van der Waals surface area contributed by atoms with Gasteiger partial charge in [0.2, 0.25) is 5.91 Å². The van der Waals surface area contributed by atoms with E-state index in [9.17, 15) is 4.79 Å². The highest BCUT2D eigenvalue weighted by atomic mass is 16.2. The molecule has 25 heavy (non-hydrogen) atoms. The molecule has 0 saturated heterocycles. The summed E-state index contributed by atoms with van der Waals surface area (Å²) >= 11 is 0. The Kier molecular flexibility index (Phi) is 6.08. The first-order chi connectivity index (χ1) is 11.8. The summed E-state index contributed by atoms with van der Waals surface area (Å²) in [6.07, 6.45) is 5.15. The van der Waals surface area contributed by atoms with E-state index in [1.807, 2.05) is 18.5 Å². The predicted molar refractivity (Wildman–Crippen MR) is 101 cm³/mol. The van der Waals surface area contributed by atoms with Gasteiger partial charge >= 0.3 is 0 Å². The van der Waals surface area contributed by atoms with Crippen molar-refractivity contribution >= 4 is 11.9 Å². The number of aryl methyl sites for hydroxylation is 1. The Hall–Kier alpha value is -2.05. The second-order valence-electron chi connectivity index (χ2n) is 7.65. The summed E-state index contributed by atoms with van der Waals surface area (Å²) in [5.74, 6) is 0.741. The van der Waals surface area contributed by atoms with E-state index in [-0.39, 0.29) is 5.91 Å². The molecule has 0 fully saturated rings. The highest BCUT2D eigenvalue weighted by molar-refractivity contribution is 5.84. The van der Waals surface area contributed by atoms with Gasteiger partial charge in [0, 0.05) is 45.3 Å². The van der Waals surface area contributed by atoms with Crippen molar-refractivity contribution < 1.29 is 4.79 Å². The molecule has 0 saturated carbocycles. The Balaban J connectivity index is 1.93. The van der Waals surface area contributed by atoms with Gasteiger partial charge in [-0.05, 0) is 46.1 Å². The fourth-order valence-corrected chi connectivity index (χ4v) is 3.01. The van der Waals surface area contributed by atoms with E-state index >= 15 is 0 Å². The summed E-state index contributed by atoms with van der Waals surface area (Å²) in [7, 11) is 3.41. The van der Waals surface area contributed by atoms with Crippen molar-refractivity contribution in [1.29, 1.82) is 0 Å². The molecule has 1 aliphatic rings. The number of hydrogen-bond acceptors (Lipinski definition) is 3. The molecule has 0 spiro atoms. The summed E-state index contributed by atoms with van der Waals surface area (Å²) in [6, 6.07) is 0.690. The van der Waals surface area contributed by atoms with E-state index in [0.29, 0.717) is 18.6 Å². The lowest BCUT2D eigenvalue weighted by Gasteiger charge is -2.27. The maximum Gasteiger partial charge on any atom is 0.227 e. The van der Waals surface area contributed by atoms with Gasteiger partial charge in [-0.15, -0.1) is 0 Å². The van der Waals surface area contributed by atoms with Gasteiger partial charge in [-0.2, -0.15) is 5.10 Å². The number of rotatable bonds is 5. The summed E-state index contributed by atoms with van der Waals surface area (Å²) in [5.41, 5.74) is 2.04. The Morgan fingerprint density at radius 3 is 2.80 bits per heavy atom. The molecular weight excluding hydrogens is 316 g/mol. The van der Waals surface area contributed by atoms with Crippen LogP contribution in [-0.4, -0.2) is 48.3 Å². The zero-order valence-electron chi connectivity index (χ0n) is 16.3. The number of guanidine groups is 1. The zero-order valence-corrected chi connectivity index (χ0v) is 16.3. The Labute approximate surface area is 150 Å². The van der Waals surface area contributed by atoms with Crippen LogP contribution in [0.3, 0.4) is 0 Å². The Morgan fingerprint density at radius 1 is 1.48 bits per heavy atom. The molecule has 2 rings (SSSR count). The number of fused-ring (bicyclic) bond motifs is 1. The van der Waals surface area contributed by atoms with Crippen molar-refractivity contribution in [3.8, 4) is 0 Å². The number of aliphatic imine (C=N–C) groups is 1. The van der Waals surface area contributed by atoms with Gasteiger partial charge in [-0.1, -0.05) is 0 Å². The van der Waals surface area contributed by atoms with Gasteiger partial charge in [0.15, 0.2) is 5.96 Å². The van der Waals surface area contributed by atoms with Gasteiger partial charge in [-0.3, -0.25) is 14.5 Å². The number of nitrogens with zero attached hydrogens (tertiary/aromatic N) is 3. The number of carbonyl (C=O) groups is 1. The molecule has 3 N–H and O–H groups in total. The van der Waals surface area contributed by atoms with Gasteiger partial charge < -0.3 is 16.0 Å². The molecule has 0 aliphatic heterocycles. The lowest BCUT2D eigenvalue weighted by atomic mass is 9.92. The molecule has 140 valence electrons. The van der Waals surface area contributed by atoms with Crippen molar-refractivity contribution in [2.45, 2.75) is 59.0 Å². The number of nitrogens with one attached hydrogen (secondary N) is 3. The molecule has 1 aromatic rings. The van der Waals surface area contributed by atoms with Crippen molar-refractivity contribution in [2.75, 3.05) is 20.6 Å². The van der Waals surface area contributed by atoms with E-state index in [4.69, 9.17) is 5.10 Å². The van der Waals surface area contributed by atoms with Crippen LogP contribution in [0.4, 0.5) is 0 Å². The summed E-state index contributed by atoms with van der Waals surface area (Å²) in [4.78, 5) is 16.2. The SMILES string of the molecule is CN=C(NCC(C)(C)C(=O)NC)NC1CCc2cn(C(C)C)nc2C1. The molecular formula is C18H32N6O. The number of carbonyl (C=O) groups excluding carboxylic acids is 1. The van der Waals surface area contributed by atoms with E-state index in [1.54, 1.807) is 14.1 Å². The monoisotopic (exact) mass is 348 g/mol. The van der Waals surface area contributed by atoms with Crippen LogP contribution in [0, 0.1) is 5.41 Å². The number of aromatic nitrogens is 2. The fourth-order valence-electron chi connectivity index (χ4n) is 3.01. The maximum atomic E-state index is 11.9. The van der Waals surface area contributed by atoms with E-state index in [0.717, 1.165) is 25.2 Å². The first kappa shape index (κ1) is 19.3. The topological polar surface area (TPSA) is 83.3 Å². The lowest BCUT2D eigenvalue weighted by Crippen LogP contribution is -2.50. The number of amides is 1. The van der Waals surface area contributed by atoms with E-state index in [2.05, 4.69) is 41.0 Å². The molecule has 1 aliphatic carbocycles. The molecule has 0 aromatic carbocycles. The fraction of sp³-hybridized carbons (Fsp3) is 0.722. The summed E-state index contributed by atoms with van der Waals surface area (Å²) < 4.78 is 2.05. The summed E-state index contributed by atoms with van der Waals surface area (Å²) in [6.45, 7) is 8.64. The molecule has 1 unspecified atom stereocenters. The minimum atomic E-state index is -0.498. The third-order valence-corrected chi connectivity index (χ3v) is 4.73. The van der Waals surface area contributed by atoms with Crippen LogP contribution in [0.5, 0.6) is 0 Å². The van der Waals surface area contributed by atoms with Gasteiger partial charge in [-0.25, -0.2) is 0 Å². The smallest absolute Gasteiger partial charge is 0.227 e. The second kappa shape index (κ2) is 7.89. The molecule has 7 heteroatoms. The zero-order chi connectivity index (χ0) is 18.6. The lowest BCUT2D eigenvalue weighted by molar-refractivity contribution is -0.128. The standard InChI is InChI=1S/C18H32N6O/c1-12(2)24-10-13-7-8-14(9-15(13)23-24)22-17(20-6)21-11-18(3,4)16(25)19-5/h10,12,14H,7-9,11H2,1-6H3,(H,19,25)(H2,20,21,22). The van der Waals surface area contributed by atoms with Crippen molar-refractivity contribution in [3.05, 3.63) is 17.5 Å². The normalized spacial score (nSPS) is 18.0. The van der Waals surface area contributed by atoms with Crippen molar-refractivity contribution in [2.24, 2.45) is 10.4 Å². The quantitative estimate of drug-likeness (QED) is 0.552. The van der Waals surface area contributed by atoms with Crippen molar-refractivity contribution in [1.82, 2.24) is 25.7 Å². The first-order valence-corrected chi connectivity index (χ1v) is 9.03. The third-order valence-electron chi connectivity index (χ3n) is 4.73. The Morgan fingerprint density at radius 2 is 2.20 bits per heavy atom. The van der Waals surface area contributed by atoms with Crippen LogP contribution in [0.1, 0.15) is 51.4 Å². The average Bonchev–Trinajstić information content (AvgIpc) is 3.01. The minimum Gasteiger partial charge on any atom is -0.359 e. The van der Waals surface area contributed by atoms with Crippen LogP contribution >= 0.6 is 0 Å². The van der Waals surface area contributed by atoms with Crippen LogP contribution < -0.4 is 16.0 Å². The second-order valence-corrected chi connectivity index (χ2v) is 7.65. The van der Waals surface area contributed by atoms with Gasteiger partial charge in [0.05, 0.1) is 11.1 Å². The van der Waals surface area contributed by atoms with Gasteiger partial charge in [0.1, 0.15) is 0 Å². The number of hydrogen-bond donors (Lipinski definition) is 3. The van der Waals surface area contributed by atoms with Crippen molar-refractivity contribution in [3.63, 3.8) is 0 Å².